The largest absolute Gasteiger partial charge is 0.478 e. The van der Waals surface area contributed by atoms with Crippen molar-refractivity contribution in [1.82, 2.24) is 0 Å². The van der Waals surface area contributed by atoms with Gasteiger partial charge in [-0.1, -0.05) is 76.8 Å². The van der Waals surface area contributed by atoms with E-state index in [1.807, 2.05) is 50.2 Å². The summed E-state index contributed by atoms with van der Waals surface area (Å²) >= 11 is 11.6. The zero-order valence-corrected chi connectivity index (χ0v) is 17.5. The fourth-order valence-electron chi connectivity index (χ4n) is 2.40. The van der Waals surface area contributed by atoms with Crippen molar-refractivity contribution in [3.05, 3.63) is 105 Å². The average Bonchev–Trinajstić information content (AvgIpc) is 2.71. The van der Waals surface area contributed by atoms with Gasteiger partial charge in [-0.2, -0.15) is 0 Å². The number of carboxylic acid groups (broad SMARTS) is 1. The molecule has 0 aliphatic heterocycles. The van der Waals surface area contributed by atoms with E-state index in [4.69, 9.17) is 33.0 Å². The summed E-state index contributed by atoms with van der Waals surface area (Å²) in [5.74, 6) is -1.38. The molecule has 0 aromatic heterocycles. The highest BCUT2D eigenvalue weighted by Gasteiger charge is 2.12. The number of ether oxygens (including phenoxy) is 1. The third-order valence-electron chi connectivity index (χ3n) is 3.91. The Morgan fingerprint density at radius 3 is 1.86 bits per heavy atom. The summed E-state index contributed by atoms with van der Waals surface area (Å²) in [5, 5.41) is 9.30. The molecule has 0 unspecified atom stereocenters. The summed E-state index contributed by atoms with van der Waals surface area (Å²) < 4.78 is 5.23. The highest BCUT2D eigenvalue weighted by molar-refractivity contribution is 6.33. The minimum atomic E-state index is -0.987. The van der Waals surface area contributed by atoms with Crippen LogP contribution in [0.4, 0.5) is 0 Å². The average molecular weight is 431 g/mol. The van der Waals surface area contributed by atoms with Crippen molar-refractivity contribution < 1.29 is 19.4 Å². The molecule has 0 aliphatic carbocycles. The highest BCUT2D eigenvalue weighted by atomic mass is 35.5. The lowest BCUT2D eigenvalue weighted by atomic mass is 10.1. The Labute approximate surface area is 179 Å². The number of rotatable bonds is 4. The molecule has 0 saturated heterocycles. The molecule has 0 radical (unpaired) electrons. The second-order valence-corrected chi connectivity index (χ2v) is 7.15. The first kappa shape index (κ1) is 22.5. The Balaban J connectivity index is 0.000000234. The number of aromatic carboxylic acids is 1. The van der Waals surface area contributed by atoms with E-state index < -0.39 is 11.9 Å². The van der Waals surface area contributed by atoms with Gasteiger partial charge in [0.2, 0.25) is 0 Å². The van der Waals surface area contributed by atoms with Gasteiger partial charge in [-0.15, -0.1) is 0 Å². The van der Waals surface area contributed by atoms with E-state index in [9.17, 15) is 9.59 Å². The van der Waals surface area contributed by atoms with Gasteiger partial charge in [-0.25, -0.2) is 9.59 Å². The molecule has 0 fully saturated rings. The van der Waals surface area contributed by atoms with Crippen molar-refractivity contribution in [1.29, 1.82) is 0 Å². The van der Waals surface area contributed by atoms with Crippen LogP contribution in [0.5, 0.6) is 0 Å². The second-order valence-electron chi connectivity index (χ2n) is 6.33. The number of aryl methyl sites for hydroxylation is 2. The predicted octanol–water partition coefficient (Wildman–Crippen LogP) is 6.35. The van der Waals surface area contributed by atoms with E-state index in [0.717, 1.165) is 16.7 Å². The van der Waals surface area contributed by atoms with Crippen molar-refractivity contribution >= 4 is 35.1 Å². The molecular formula is C23H20Cl2O4. The van der Waals surface area contributed by atoms with E-state index in [0.29, 0.717) is 10.6 Å². The van der Waals surface area contributed by atoms with Gasteiger partial charge < -0.3 is 9.84 Å². The number of carboxylic acids is 1. The normalized spacial score (nSPS) is 9.93. The minimum absolute atomic E-state index is 0.159. The third-order valence-corrected chi connectivity index (χ3v) is 4.57. The lowest BCUT2D eigenvalue weighted by Gasteiger charge is -2.07. The number of carbonyl (C=O) groups excluding carboxylic acids is 1. The smallest absolute Gasteiger partial charge is 0.339 e. The highest BCUT2D eigenvalue weighted by Crippen LogP contribution is 2.19. The van der Waals surface area contributed by atoms with Gasteiger partial charge in [-0.3, -0.25) is 0 Å². The molecule has 4 nitrogen and oxygen atoms in total. The first-order valence-corrected chi connectivity index (χ1v) is 9.50. The summed E-state index contributed by atoms with van der Waals surface area (Å²) in [5.41, 5.74) is 3.40. The van der Waals surface area contributed by atoms with Crippen LogP contribution >= 0.6 is 23.2 Å². The molecule has 29 heavy (non-hydrogen) atoms. The zero-order chi connectivity index (χ0) is 21.4. The standard InChI is InChI=1S/C15H13ClO2.C8H7ClO2/c1-11-7-8-14(16)13(9-11)15(17)18-10-12-5-3-2-4-6-12;1-5-2-3-7(9)6(4-5)8(10)11/h2-9H,10H2,1H3;2-4H,1H3,(H,10,11). The molecule has 0 heterocycles. The number of hydrogen-bond acceptors (Lipinski definition) is 3. The van der Waals surface area contributed by atoms with Crippen LogP contribution in [0.3, 0.4) is 0 Å². The Hall–Kier alpha value is -2.82. The van der Waals surface area contributed by atoms with Gasteiger partial charge in [0.1, 0.15) is 6.61 Å². The summed E-state index contributed by atoms with van der Waals surface area (Å²) in [6.45, 7) is 3.98. The number of halogens is 2. The van der Waals surface area contributed by atoms with Gasteiger partial charge in [0.15, 0.2) is 0 Å². The van der Waals surface area contributed by atoms with Crippen LogP contribution in [0, 0.1) is 13.8 Å². The monoisotopic (exact) mass is 430 g/mol. The molecule has 0 spiro atoms. The minimum Gasteiger partial charge on any atom is -0.478 e. The maximum Gasteiger partial charge on any atom is 0.339 e. The van der Waals surface area contributed by atoms with Crippen LogP contribution in [0.1, 0.15) is 37.4 Å². The van der Waals surface area contributed by atoms with Crippen LogP contribution in [0.2, 0.25) is 10.0 Å². The van der Waals surface area contributed by atoms with Crippen LogP contribution < -0.4 is 0 Å². The molecule has 0 bridgehead atoms. The Morgan fingerprint density at radius 2 is 1.34 bits per heavy atom. The molecule has 0 atom stereocenters. The first-order valence-electron chi connectivity index (χ1n) is 8.74. The van der Waals surface area contributed by atoms with E-state index in [-0.39, 0.29) is 17.2 Å². The van der Waals surface area contributed by atoms with Gasteiger partial charge >= 0.3 is 11.9 Å². The Morgan fingerprint density at radius 1 is 0.828 bits per heavy atom. The number of benzene rings is 3. The van der Waals surface area contributed by atoms with E-state index >= 15 is 0 Å². The molecule has 0 amide bonds. The molecule has 3 rings (SSSR count). The fourth-order valence-corrected chi connectivity index (χ4v) is 2.79. The van der Waals surface area contributed by atoms with Gasteiger partial charge in [0.05, 0.1) is 21.2 Å². The maximum atomic E-state index is 11.9. The molecular weight excluding hydrogens is 411 g/mol. The van der Waals surface area contributed by atoms with Crippen LogP contribution in [0.25, 0.3) is 0 Å². The third kappa shape index (κ3) is 6.93. The van der Waals surface area contributed by atoms with Crippen LogP contribution in [-0.4, -0.2) is 17.0 Å². The van der Waals surface area contributed by atoms with E-state index in [2.05, 4.69) is 0 Å². The van der Waals surface area contributed by atoms with Gasteiger partial charge in [0.25, 0.3) is 0 Å². The topological polar surface area (TPSA) is 63.6 Å². The summed E-state index contributed by atoms with van der Waals surface area (Å²) in [6.07, 6.45) is 0. The lowest BCUT2D eigenvalue weighted by molar-refractivity contribution is 0.0472. The van der Waals surface area contributed by atoms with Crippen molar-refractivity contribution in [2.45, 2.75) is 20.5 Å². The maximum absolute atomic E-state index is 11.9. The van der Waals surface area contributed by atoms with E-state index in [1.54, 1.807) is 30.3 Å². The lowest BCUT2D eigenvalue weighted by Crippen LogP contribution is -2.06. The summed E-state index contributed by atoms with van der Waals surface area (Å²) in [6, 6.07) is 19.7. The number of carbonyl (C=O) groups is 2. The van der Waals surface area contributed by atoms with Gasteiger partial charge in [0, 0.05) is 0 Å². The van der Waals surface area contributed by atoms with Gasteiger partial charge in [-0.05, 0) is 43.7 Å². The second kappa shape index (κ2) is 10.6. The first-order chi connectivity index (χ1) is 13.8. The fraction of sp³-hybridized carbons (Fsp3) is 0.130. The van der Waals surface area contributed by atoms with Crippen molar-refractivity contribution in [3.63, 3.8) is 0 Å². The molecule has 0 saturated carbocycles. The number of esters is 1. The predicted molar refractivity (Wildman–Crippen MR) is 115 cm³/mol. The van der Waals surface area contributed by atoms with Crippen molar-refractivity contribution in [2.75, 3.05) is 0 Å². The molecule has 0 aliphatic rings. The van der Waals surface area contributed by atoms with E-state index in [1.165, 1.54) is 0 Å². The Kier molecular flexibility index (Phi) is 8.25. The van der Waals surface area contributed by atoms with Crippen LogP contribution in [-0.2, 0) is 11.3 Å². The number of hydrogen-bond donors (Lipinski definition) is 1. The molecule has 6 heteroatoms. The molecule has 3 aromatic carbocycles. The Bertz CT molecular complexity index is 1000. The quantitative estimate of drug-likeness (QED) is 0.489. The zero-order valence-electron chi connectivity index (χ0n) is 16.0. The summed E-state index contributed by atoms with van der Waals surface area (Å²) in [4.78, 5) is 22.4. The SMILES string of the molecule is Cc1ccc(Cl)c(C(=O)O)c1.Cc1ccc(Cl)c(C(=O)OCc2ccccc2)c1. The van der Waals surface area contributed by atoms with Crippen molar-refractivity contribution in [3.8, 4) is 0 Å². The van der Waals surface area contributed by atoms with Crippen molar-refractivity contribution in [2.24, 2.45) is 0 Å². The molecule has 150 valence electrons. The summed E-state index contributed by atoms with van der Waals surface area (Å²) in [7, 11) is 0. The van der Waals surface area contributed by atoms with Crippen LogP contribution in [0.15, 0.2) is 66.7 Å². The molecule has 1 N–H and O–H groups in total. The molecule has 3 aromatic rings.